The average Bonchev–Trinajstić information content (AvgIpc) is 3.15. The Morgan fingerprint density at radius 3 is 1.82 bits per heavy atom. The van der Waals surface area contributed by atoms with Gasteiger partial charge in [-0.1, -0.05) is 84.0 Å². The maximum absolute atomic E-state index is 13.9. The Hall–Kier alpha value is -2.91. The molecule has 1 amide bonds. The first-order chi connectivity index (χ1) is 24.5. The molecule has 4 nitrogen and oxygen atoms in total. The Kier molecular flexibility index (Phi) is 21.7. The molecule has 50 heavy (non-hydrogen) atoms. The van der Waals surface area contributed by atoms with Crippen molar-refractivity contribution in [1.82, 2.24) is 4.90 Å². The maximum Gasteiger partial charge on any atom is -0.194 e. The van der Waals surface area contributed by atoms with Gasteiger partial charge in [-0.15, -0.1) is 0 Å². The van der Waals surface area contributed by atoms with Gasteiger partial charge in [-0.2, -0.15) is 13.8 Å². The van der Waals surface area contributed by atoms with Crippen LogP contribution in [-0.4, -0.2) is 37.5 Å². The molecule has 0 radical (unpaired) electrons. The van der Waals surface area contributed by atoms with Gasteiger partial charge in [0.1, 0.15) is 0 Å². The topological polar surface area (TPSA) is 36.7 Å². The largest absolute Gasteiger partial charge is 0.346 e. The van der Waals surface area contributed by atoms with Gasteiger partial charge in [0.25, 0.3) is 0 Å². The van der Waals surface area contributed by atoms with Crippen molar-refractivity contribution < 1.29 is 24.2 Å². The first-order valence-electron chi connectivity index (χ1n) is 19.5. The van der Waals surface area contributed by atoms with Gasteiger partial charge in [0.2, 0.25) is 0 Å². The minimum Gasteiger partial charge on any atom is -0.346 e. The predicted octanol–water partition coefficient (Wildman–Crippen LogP) is 13.4. The summed E-state index contributed by atoms with van der Waals surface area (Å²) in [4.78, 5) is 18.1. The summed E-state index contributed by atoms with van der Waals surface area (Å²) in [7, 11) is 1.94. The Labute approximate surface area is 313 Å². The van der Waals surface area contributed by atoms with Gasteiger partial charge >= 0.3 is 203 Å². The van der Waals surface area contributed by atoms with Crippen molar-refractivity contribution in [3.8, 4) is 22.5 Å². The van der Waals surface area contributed by atoms with E-state index in [-0.39, 0.29) is 5.91 Å². The van der Waals surface area contributed by atoms with Crippen LogP contribution in [0.1, 0.15) is 135 Å². The second-order valence-electron chi connectivity index (χ2n) is 12.8. The molecule has 1 aliphatic heterocycles. The summed E-state index contributed by atoms with van der Waals surface area (Å²) < 4.78 is 7.25. The van der Waals surface area contributed by atoms with Crippen molar-refractivity contribution in [2.75, 3.05) is 31.6 Å². The van der Waals surface area contributed by atoms with E-state index in [0.29, 0.717) is 0 Å². The van der Waals surface area contributed by atoms with Gasteiger partial charge < -0.3 is 13.8 Å². The number of nitrogens with zero attached hydrogens (tertiary/aromatic N) is 2. The zero-order valence-corrected chi connectivity index (χ0v) is 33.2. The monoisotopic (exact) mass is 724 g/mol. The fraction of sp³-hybridized carbons (Fsp3) is 0.511. The first kappa shape index (κ1) is 43.3. The fourth-order valence-corrected chi connectivity index (χ4v) is 6.87. The predicted molar refractivity (Wildman–Crippen MR) is 214 cm³/mol. The third-order valence-electron chi connectivity index (χ3n) is 9.40. The van der Waals surface area contributed by atoms with Gasteiger partial charge in [0, 0.05) is 0 Å². The summed E-state index contributed by atoms with van der Waals surface area (Å²) >= 11 is 5.17. The molecule has 2 aliphatic rings. The Bertz CT molecular complexity index is 1540. The van der Waals surface area contributed by atoms with Crippen LogP contribution in [-0.2, 0) is 15.0 Å². The van der Waals surface area contributed by atoms with E-state index < -0.39 is 0 Å². The summed E-state index contributed by atoms with van der Waals surface area (Å²) in [5.74, 6) is 0.815. The summed E-state index contributed by atoms with van der Waals surface area (Å²) in [6.45, 7) is 19.2. The van der Waals surface area contributed by atoms with Crippen LogP contribution in [0.15, 0.2) is 65.1 Å². The van der Waals surface area contributed by atoms with E-state index in [1.165, 1.54) is 83.5 Å². The third-order valence-corrected chi connectivity index (χ3v) is 9.70. The SMILES string of the molecule is CCCCCCCCCCCCCCCCN(C)C(=O)c1ccccc1-c1c2cc[c](=[Ni])cc-2oc2cc(N(CC)CC)ccc12.[CH2-]C.[CH2-]C. The number of amides is 1. The van der Waals surface area contributed by atoms with Crippen LogP contribution in [0.4, 0.5) is 5.69 Å². The quantitative estimate of drug-likeness (QED) is 0.0394. The number of benzene rings is 3. The summed E-state index contributed by atoms with van der Waals surface area (Å²) in [5.41, 5.74) is 5.58. The van der Waals surface area contributed by atoms with E-state index in [1.54, 1.807) is 13.8 Å². The number of hydrogen-bond acceptors (Lipinski definition) is 3. The molecular formula is C45H66N2NiO2-2. The molecule has 4 rings (SSSR count). The molecular weight excluding hydrogens is 659 g/mol. The number of hydrogen-bond donors (Lipinski definition) is 0. The van der Waals surface area contributed by atoms with Crippen molar-refractivity contribution >= 4 is 22.6 Å². The average molecular weight is 726 g/mol. The molecule has 0 saturated carbocycles. The van der Waals surface area contributed by atoms with Crippen LogP contribution < -0.4 is 4.90 Å². The molecule has 0 N–H and O–H groups in total. The first-order valence-corrected chi connectivity index (χ1v) is 19.9. The minimum absolute atomic E-state index is 0.0641. The molecule has 0 unspecified atom stereocenters. The van der Waals surface area contributed by atoms with Gasteiger partial charge in [0.05, 0.1) is 0 Å². The zero-order valence-electron chi connectivity index (χ0n) is 32.2. The standard InChI is InChI=1S/C41H56N2O2.2C2H5.Ni/c1-5-8-9-10-11-12-13-14-15-16-17-18-19-24-31-42(4)41(44)35-26-21-20-25-34(35)40-36-27-22-23-28-38(36)45-39-32-33(29-30-37(39)40)43(6-2)7-3;2*1-2;/h20-22,25-30,32H,5-19,24,31H2,1-4H3;2*1H2,2H3;/q;2*-1;. The van der Waals surface area contributed by atoms with Gasteiger partial charge in [0.15, 0.2) is 0 Å². The van der Waals surface area contributed by atoms with Crippen LogP contribution in [0.3, 0.4) is 0 Å². The number of carbonyl (C=O) groups excluding carboxylic acids is 1. The molecule has 2 aromatic carbocycles. The number of anilines is 1. The third kappa shape index (κ3) is 13.0. The molecule has 0 atom stereocenters. The molecule has 0 spiro atoms. The van der Waals surface area contributed by atoms with Crippen molar-refractivity contribution in [2.45, 2.75) is 125 Å². The summed E-state index contributed by atoms with van der Waals surface area (Å²) in [6.07, 6.45) is 18.6. The molecule has 0 aromatic heterocycles. The molecule has 2 aromatic rings. The smallest absolute Gasteiger partial charge is 0.194 e. The maximum atomic E-state index is 13.9. The van der Waals surface area contributed by atoms with Crippen LogP contribution in [0.2, 0.25) is 0 Å². The van der Waals surface area contributed by atoms with E-state index in [4.69, 9.17) is 19.4 Å². The summed E-state index contributed by atoms with van der Waals surface area (Å²) in [5, 5.41) is 0.999. The van der Waals surface area contributed by atoms with E-state index in [1.807, 2.05) is 48.3 Å². The Balaban J connectivity index is 0.00000209. The van der Waals surface area contributed by atoms with Gasteiger partial charge in [-0.25, -0.2) is 0 Å². The van der Waals surface area contributed by atoms with E-state index in [9.17, 15) is 4.79 Å². The van der Waals surface area contributed by atoms with E-state index in [2.05, 4.69) is 63.8 Å². The fourth-order valence-electron chi connectivity index (χ4n) is 6.65. The van der Waals surface area contributed by atoms with E-state index >= 15 is 0 Å². The molecule has 5 heteroatoms. The van der Waals surface area contributed by atoms with Crippen molar-refractivity contribution in [2.24, 2.45) is 0 Å². The minimum atomic E-state index is 0.0641. The summed E-state index contributed by atoms with van der Waals surface area (Å²) in [6, 6.07) is 20.4. The molecule has 0 bridgehead atoms. The van der Waals surface area contributed by atoms with Crippen molar-refractivity contribution in [3.63, 3.8) is 0 Å². The number of fused-ring (bicyclic) bond motifs is 2. The Morgan fingerprint density at radius 2 is 1.24 bits per heavy atom. The van der Waals surface area contributed by atoms with Gasteiger partial charge in [-0.05, 0) is 0 Å². The van der Waals surface area contributed by atoms with Crippen LogP contribution in [0.25, 0.3) is 33.4 Å². The van der Waals surface area contributed by atoms with Crippen LogP contribution >= 0.6 is 0 Å². The number of rotatable bonds is 20. The molecule has 1 aliphatic carbocycles. The second-order valence-corrected chi connectivity index (χ2v) is 13.4. The molecule has 1 heterocycles. The number of carbonyl (C=O) groups is 1. The molecule has 0 saturated heterocycles. The van der Waals surface area contributed by atoms with Crippen molar-refractivity contribution in [3.05, 3.63) is 84.2 Å². The Morgan fingerprint density at radius 1 is 0.680 bits per heavy atom. The van der Waals surface area contributed by atoms with Crippen LogP contribution in [0.5, 0.6) is 0 Å². The van der Waals surface area contributed by atoms with Crippen LogP contribution in [0, 0.1) is 18.0 Å². The van der Waals surface area contributed by atoms with E-state index in [0.717, 1.165) is 74.9 Å². The normalized spacial score (nSPS) is 10.8. The molecule has 0 fully saturated rings. The zero-order chi connectivity index (χ0) is 36.7. The van der Waals surface area contributed by atoms with Gasteiger partial charge in [-0.3, -0.25) is 0 Å². The second kappa shape index (κ2) is 25.1. The number of unbranched alkanes of at least 4 members (excludes halogenated alkanes) is 13. The van der Waals surface area contributed by atoms with Crippen molar-refractivity contribution in [1.29, 1.82) is 0 Å². The molecule has 280 valence electrons.